The van der Waals surface area contributed by atoms with Crippen LogP contribution in [0, 0.1) is 17.2 Å². The number of nitriles is 1. The predicted octanol–water partition coefficient (Wildman–Crippen LogP) is 0.974. The summed E-state index contributed by atoms with van der Waals surface area (Å²) in [6.07, 6.45) is 5.29. The van der Waals surface area contributed by atoms with Crippen LogP contribution in [0.2, 0.25) is 0 Å². The summed E-state index contributed by atoms with van der Waals surface area (Å²) in [4.78, 5) is 2.26. The van der Waals surface area contributed by atoms with Gasteiger partial charge in [-0.2, -0.15) is 5.26 Å². The molecule has 0 amide bonds. The molecule has 3 heteroatoms. The van der Waals surface area contributed by atoms with Crippen molar-refractivity contribution in [3.63, 3.8) is 0 Å². The summed E-state index contributed by atoms with van der Waals surface area (Å²) in [6.45, 7) is 4.04. The van der Waals surface area contributed by atoms with E-state index in [1.807, 2.05) is 0 Å². The van der Waals surface area contributed by atoms with Gasteiger partial charge < -0.3 is 5.32 Å². The molecule has 0 aromatic carbocycles. The second-order valence-electron chi connectivity index (χ2n) is 4.56. The van der Waals surface area contributed by atoms with Gasteiger partial charge in [0.1, 0.15) is 0 Å². The highest BCUT2D eigenvalue weighted by atomic mass is 15.1. The molecule has 0 aromatic rings. The first-order valence-corrected chi connectivity index (χ1v) is 5.71. The van der Waals surface area contributed by atoms with E-state index in [1.54, 1.807) is 0 Å². The molecule has 0 radical (unpaired) electrons. The Morgan fingerprint density at radius 1 is 1.21 bits per heavy atom. The van der Waals surface area contributed by atoms with Crippen molar-refractivity contribution in [1.29, 1.82) is 5.26 Å². The molecule has 2 aliphatic rings. The number of hydrogen-bond acceptors (Lipinski definition) is 3. The average molecular weight is 193 g/mol. The minimum atomic E-state index is 0.614. The first-order chi connectivity index (χ1) is 6.88. The molecule has 1 aliphatic heterocycles. The van der Waals surface area contributed by atoms with Gasteiger partial charge in [0, 0.05) is 6.04 Å². The second kappa shape index (κ2) is 4.77. The van der Waals surface area contributed by atoms with Gasteiger partial charge in [0.25, 0.3) is 0 Å². The molecule has 3 nitrogen and oxygen atoms in total. The number of likely N-dealkylation sites (tertiary alicyclic amines) is 1. The molecule has 1 saturated carbocycles. The van der Waals surface area contributed by atoms with E-state index in [0.29, 0.717) is 6.54 Å². The summed E-state index contributed by atoms with van der Waals surface area (Å²) in [5, 5.41) is 12.2. The summed E-state index contributed by atoms with van der Waals surface area (Å²) in [6, 6.07) is 3.06. The molecular formula is C11H19N3. The van der Waals surface area contributed by atoms with Crippen LogP contribution >= 0.6 is 0 Å². The molecule has 14 heavy (non-hydrogen) atoms. The average Bonchev–Trinajstić information content (AvgIpc) is 3.01. The number of nitrogens with one attached hydrogen (secondary N) is 1. The number of rotatable bonds is 4. The van der Waals surface area contributed by atoms with E-state index in [1.165, 1.54) is 32.2 Å². The van der Waals surface area contributed by atoms with Crippen molar-refractivity contribution in [3.05, 3.63) is 0 Å². The maximum atomic E-state index is 8.56. The van der Waals surface area contributed by atoms with Gasteiger partial charge in [-0.25, -0.2) is 0 Å². The highest BCUT2D eigenvalue weighted by molar-refractivity contribution is 4.85. The normalized spacial score (nSPS) is 24.8. The third-order valence-corrected chi connectivity index (χ3v) is 3.27. The lowest BCUT2D eigenvalue weighted by molar-refractivity contribution is 0.200. The van der Waals surface area contributed by atoms with Crippen LogP contribution < -0.4 is 5.32 Å². The van der Waals surface area contributed by atoms with Gasteiger partial charge in [0.15, 0.2) is 0 Å². The van der Waals surface area contributed by atoms with E-state index in [-0.39, 0.29) is 0 Å². The largest absolute Gasteiger partial charge is 0.314 e. The zero-order valence-electron chi connectivity index (χ0n) is 8.71. The fraction of sp³-hybridized carbons (Fsp3) is 0.909. The molecule has 0 aromatic heterocycles. The molecule has 2 rings (SSSR count). The predicted molar refractivity (Wildman–Crippen MR) is 55.8 cm³/mol. The quantitative estimate of drug-likeness (QED) is 0.676. The van der Waals surface area contributed by atoms with Gasteiger partial charge in [0.2, 0.25) is 0 Å². The molecule has 0 bridgehead atoms. The van der Waals surface area contributed by atoms with Gasteiger partial charge in [-0.1, -0.05) is 0 Å². The van der Waals surface area contributed by atoms with E-state index < -0.39 is 0 Å². The summed E-state index contributed by atoms with van der Waals surface area (Å²) >= 11 is 0. The molecule has 1 saturated heterocycles. The third-order valence-electron chi connectivity index (χ3n) is 3.27. The van der Waals surface area contributed by atoms with Crippen LogP contribution in [0.5, 0.6) is 0 Å². The van der Waals surface area contributed by atoms with E-state index in [2.05, 4.69) is 16.3 Å². The van der Waals surface area contributed by atoms with Crippen LogP contribution in [-0.2, 0) is 0 Å². The fourth-order valence-corrected chi connectivity index (χ4v) is 2.07. The Bertz CT molecular complexity index is 209. The van der Waals surface area contributed by atoms with E-state index in [0.717, 1.165) is 25.0 Å². The summed E-state index contributed by atoms with van der Waals surface area (Å²) < 4.78 is 0. The fourth-order valence-electron chi connectivity index (χ4n) is 2.07. The number of nitrogens with zero attached hydrogens (tertiary/aromatic N) is 2. The molecule has 2 fully saturated rings. The minimum Gasteiger partial charge on any atom is -0.314 e. The highest BCUT2D eigenvalue weighted by Gasteiger charge is 2.23. The van der Waals surface area contributed by atoms with Crippen molar-refractivity contribution < 1.29 is 0 Å². The maximum Gasteiger partial charge on any atom is 0.0865 e. The smallest absolute Gasteiger partial charge is 0.0865 e. The highest BCUT2D eigenvalue weighted by Crippen LogP contribution is 2.21. The van der Waals surface area contributed by atoms with E-state index in [4.69, 9.17) is 5.26 Å². The Labute approximate surface area is 86.1 Å². The monoisotopic (exact) mass is 193 g/mol. The lowest BCUT2D eigenvalue weighted by atomic mass is 9.97. The molecule has 1 heterocycles. The molecule has 0 atom stereocenters. The van der Waals surface area contributed by atoms with E-state index in [9.17, 15) is 0 Å². The van der Waals surface area contributed by atoms with Crippen LogP contribution in [0.4, 0.5) is 0 Å². The van der Waals surface area contributed by atoms with Crippen LogP contribution in [0.3, 0.4) is 0 Å². The van der Waals surface area contributed by atoms with Gasteiger partial charge >= 0.3 is 0 Å². The molecule has 78 valence electrons. The summed E-state index contributed by atoms with van der Waals surface area (Å²) in [7, 11) is 0. The van der Waals surface area contributed by atoms with E-state index >= 15 is 0 Å². The van der Waals surface area contributed by atoms with Crippen molar-refractivity contribution in [2.24, 2.45) is 5.92 Å². The zero-order chi connectivity index (χ0) is 9.80. The molecule has 1 N–H and O–H groups in total. The lowest BCUT2D eigenvalue weighted by Gasteiger charge is -2.30. The Kier molecular flexibility index (Phi) is 3.39. The Morgan fingerprint density at radius 2 is 1.93 bits per heavy atom. The van der Waals surface area contributed by atoms with Crippen molar-refractivity contribution in [2.45, 2.75) is 31.7 Å². The van der Waals surface area contributed by atoms with Crippen LogP contribution in [-0.4, -0.2) is 37.1 Å². The zero-order valence-corrected chi connectivity index (χ0v) is 8.71. The number of hydrogen-bond donors (Lipinski definition) is 1. The van der Waals surface area contributed by atoms with Gasteiger partial charge in [-0.15, -0.1) is 0 Å². The minimum absolute atomic E-state index is 0.614. The van der Waals surface area contributed by atoms with Gasteiger partial charge in [0.05, 0.1) is 12.6 Å². The van der Waals surface area contributed by atoms with Gasteiger partial charge in [-0.05, 0) is 51.2 Å². The molecule has 0 spiro atoms. The van der Waals surface area contributed by atoms with Crippen molar-refractivity contribution >= 4 is 0 Å². The second-order valence-corrected chi connectivity index (χ2v) is 4.56. The lowest BCUT2D eigenvalue weighted by Crippen LogP contribution is -2.37. The standard InChI is InChI=1S/C11H19N3/c12-5-8-14-6-3-10(4-7-14)9-13-11-1-2-11/h10-11,13H,1-4,6-9H2. The van der Waals surface area contributed by atoms with Gasteiger partial charge in [-0.3, -0.25) is 4.90 Å². The van der Waals surface area contributed by atoms with Crippen LogP contribution in [0.1, 0.15) is 25.7 Å². The third kappa shape index (κ3) is 2.97. The van der Waals surface area contributed by atoms with Crippen LogP contribution in [0.15, 0.2) is 0 Å². The summed E-state index contributed by atoms with van der Waals surface area (Å²) in [5.41, 5.74) is 0. The van der Waals surface area contributed by atoms with Crippen molar-refractivity contribution in [1.82, 2.24) is 10.2 Å². The first-order valence-electron chi connectivity index (χ1n) is 5.71. The molecular weight excluding hydrogens is 174 g/mol. The maximum absolute atomic E-state index is 8.56. The SMILES string of the molecule is N#CCN1CCC(CNC2CC2)CC1. The topological polar surface area (TPSA) is 39.1 Å². The summed E-state index contributed by atoms with van der Waals surface area (Å²) in [5.74, 6) is 0.852. The number of piperidine rings is 1. The Balaban J connectivity index is 1.60. The molecule has 1 aliphatic carbocycles. The molecule has 0 unspecified atom stereocenters. The Morgan fingerprint density at radius 3 is 2.50 bits per heavy atom. The van der Waals surface area contributed by atoms with Crippen molar-refractivity contribution in [2.75, 3.05) is 26.2 Å². The van der Waals surface area contributed by atoms with Crippen molar-refractivity contribution in [3.8, 4) is 6.07 Å². The Hall–Kier alpha value is -0.590. The van der Waals surface area contributed by atoms with Crippen LogP contribution in [0.25, 0.3) is 0 Å². The first kappa shape index (κ1) is 9.95.